The van der Waals surface area contributed by atoms with Crippen molar-refractivity contribution in [3.63, 3.8) is 0 Å². The number of carboxylic acids is 1. The Morgan fingerprint density at radius 1 is 0.650 bits per heavy atom. The van der Waals surface area contributed by atoms with Crippen LogP contribution in [0.25, 0.3) is 0 Å². The Balaban J connectivity index is 1.47. The average molecular weight is 556 g/mol. The summed E-state index contributed by atoms with van der Waals surface area (Å²) in [7, 11) is 0. The summed E-state index contributed by atoms with van der Waals surface area (Å²) < 4.78 is 0. The van der Waals surface area contributed by atoms with Crippen molar-refractivity contribution in [3.8, 4) is 0 Å². The molecule has 0 radical (unpaired) electrons. The molecule has 0 saturated heterocycles. The number of carbonyl (C=O) groups is 4. The highest BCUT2D eigenvalue weighted by Gasteiger charge is 2.23. The van der Waals surface area contributed by atoms with Gasteiger partial charge in [0.2, 0.25) is 5.91 Å². The molecule has 4 aromatic rings. The van der Waals surface area contributed by atoms with Crippen LogP contribution >= 0.6 is 11.6 Å². The summed E-state index contributed by atoms with van der Waals surface area (Å²) in [6.07, 6.45) is 0.184. The maximum Gasteiger partial charge on any atom is 0.326 e. The summed E-state index contributed by atoms with van der Waals surface area (Å²) in [6.45, 7) is 0. The second kappa shape index (κ2) is 13.2. The van der Waals surface area contributed by atoms with Gasteiger partial charge in [-0.05, 0) is 47.5 Å². The molecule has 0 aliphatic carbocycles. The Kier molecular flexibility index (Phi) is 9.27. The van der Waals surface area contributed by atoms with E-state index in [-0.39, 0.29) is 35.6 Å². The molecule has 0 aliphatic rings. The average Bonchev–Trinajstić information content (AvgIpc) is 2.95. The highest BCUT2D eigenvalue weighted by molar-refractivity contribution is 6.30. The lowest BCUT2D eigenvalue weighted by atomic mass is 10.0. The maximum absolute atomic E-state index is 13.3. The number of para-hydroxylation sites is 2. The summed E-state index contributed by atoms with van der Waals surface area (Å²) in [5.41, 5.74) is 2.29. The molecule has 0 fully saturated rings. The minimum absolute atomic E-state index is 0.0872. The van der Waals surface area contributed by atoms with E-state index in [1.165, 1.54) is 6.07 Å². The van der Waals surface area contributed by atoms with Crippen molar-refractivity contribution < 1.29 is 24.3 Å². The molecule has 1 unspecified atom stereocenters. The molecule has 0 saturated carbocycles. The van der Waals surface area contributed by atoms with E-state index in [9.17, 15) is 24.3 Å². The maximum atomic E-state index is 13.3. The predicted octanol–water partition coefficient (Wildman–Crippen LogP) is 5.20. The van der Waals surface area contributed by atoms with Crippen LogP contribution in [0.2, 0.25) is 5.02 Å². The van der Waals surface area contributed by atoms with Crippen molar-refractivity contribution in [1.29, 1.82) is 0 Å². The quantitative estimate of drug-likeness (QED) is 0.214. The zero-order valence-corrected chi connectivity index (χ0v) is 22.0. The largest absolute Gasteiger partial charge is 0.480 e. The van der Waals surface area contributed by atoms with E-state index in [0.29, 0.717) is 10.7 Å². The molecule has 8 nitrogen and oxygen atoms in total. The van der Waals surface area contributed by atoms with Crippen LogP contribution in [-0.4, -0.2) is 34.8 Å². The smallest absolute Gasteiger partial charge is 0.326 e. The first-order valence-corrected chi connectivity index (χ1v) is 12.8. The third-order valence-corrected chi connectivity index (χ3v) is 6.28. The summed E-state index contributed by atoms with van der Waals surface area (Å²) in [5.74, 6) is -2.70. The fraction of sp³-hybridized carbons (Fsp3) is 0.0968. The van der Waals surface area contributed by atoms with Gasteiger partial charge in [-0.15, -0.1) is 0 Å². The molecule has 9 heteroatoms. The SMILES string of the molecule is O=C(Cc1ccc(Cl)cc1)Nc1ccccc1C(=O)Nc1ccccc1C(=O)NC(Cc1ccccc1)C(=O)O. The molecule has 1 atom stereocenters. The number of nitrogens with one attached hydrogen (secondary N) is 3. The van der Waals surface area contributed by atoms with Crippen LogP contribution in [0.4, 0.5) is 11.4 Å². The second-order valence-electron chi connectivity index (χ2n) is 8.95. The minimum Gasteiger partial charge on any atom is -0.480 e. The van der Waals surface area contributed by atoms with Gasteiger partial charge in [-0.2, -0.15) is 0 Å². The first-order valence-electron chi connectivity index (χ1n) is 12.4. The standard InChI is InChI=1S/C31H26ClN3O5/c32-22-16-14-21(15-17-22)19-28(36)33-25-12-6-4-10-23(25)29(37)34-26-13-7-5-11-24(26)30(38)35-27(31(39)40)18-20-8-2-1-3-9-20/h1-17,27H,18-19H2,(H,33,36)(H,34,37)(H,35,38)(H,39,40). The van der Waals surface area contributed by atoms with Gasteiger partial charge in [0.05, 0.1) is 28.9 Å². The van der Waals surface area contributed by atoms with E-state index in [4.69, 9.17) is 11.6 Å². The highest BCUT2D eigenvalue weighted by atomic mass is 35.5. The number of anilines is 2. The Morgan fingerprint density at radius 3 is 1.82 bits per heavy atom. The van der Waals surface area contributed by atoms with Gasteiger partial charge in [0, 0.05) is 11.4 Å². The van der Waals surface area contributed by atoms with E-state index in [0.717, 1.165) is 11.1 Å². The number of aliphatic carboxylic acids is 1. The van der Waals surface area contributed by atoms with E-state index in [1.54, 1.807) is 91.0 Å². The van der Waals surface area contributed by atoms with Crippen molar-refractivity contribution >= 4 is 46.7 Å². The van der Waals surface area contributed by atoms with E-state index >= 15 is 0 Å². The minimum atomic E-state index is -1.18. The van der Waals surface area contributed by atoms with Gasteiger partial charge in [0.25, 0.3) is 11.8 Å². The first kappa shape index (κ1) is 28.1. The Bertz CT molecular complexity index is 1520. The van der Waals surface area contributed by atoms with Gasteiger partial charge in [-0.1, -0.05) is 78.3 Å². The van der Waals surface area contributed by atoms with Crippen LogP contribution in [0.3, 0.4) is 0 Å². The summed E-state index contributed by atoms with van der Waals surface area (Å²) in [6, 6.07) is 27.5. The number of carboxylic acid groups (broad SMARTS) is 1. The van der Waals surface area contributed by atoms with Gasteiger partial charge in [-0.3, -0.25) is 14.4 Å². The van der Waals surface area contributed by atoms with E-state index in [1.807, 2.05) is 6.07 Å². The number of benzene rings is 4. The number of amides is 3. The molecular weight excluding hydrogens is 530 g/mol. The number of hydrogen-bond donors (Lipinski definition) is 4. The zero-order chi connectivity index (χ0) is 28.5. The van der Waals surface area contributed by atoms with Crippen molar-refractivity contribution in [2.75, 3.05) is 10.6 Å². The van der Waals surface area contributed by atoms with Gasteiger partial charge in [-0.25, -0.2) is 4.79 Å². The van der Waals surface area contributed by atoms with Gasteiger partial charge < -0.3 is 21.1 Å². The molecule has 0 aromatic heterocycles. The van der Waals surface area contributed by atoms with Crippen molar-refractivity contribution in [1.82, 2.24) is 5.32 Å². The second-order valence-corrected chi connectivity index (χ2v) is 9.39. The Hall–Kier alpha value is -4.95. The van der Waals surface area contributed by atoms with Gasteiger partial charge in [0.1, 0.15) is 6.04 Å². The number of carbonyl (C=O) groups excluding carboxylic acids is 3. The van der Waals surface area contributed by atoms with Crippen molar-refractivity contribution in [2.45, 2.75) is 18.9 Å². The van der Waals surface area contributed by atoms with Crippen LogP contribution in [0, 0.1) is 0 Å². The normalized spacial score (nSPS) is 11.2. The van der Waals surface area contributed by atoms with E-state index in [2.05, 4.69) is 16.0 Å². The van der Waals surface area contributed by atoms with Crippen molar-refractivity contribution in [3.05, 3.63) is 130 Å². The Morgan fingerprint density at radius 2 is 1.20 bits per heavy atom. The summed E-state index contributed by atoms with van der Waals surface area (Å²) in [5, 5.41) is 18.3. The summed E-state index contributed by atoms with van der Waals surface area (Å²) >= 11 is 5.91. The lowest BCUT2D eigenvalue weighted by Gasteiger charge is -2.17. The highest BCUT2D eigenvalue weighted by Crippen LogP contribution is 2.21. The monoisotopic (exact) mass is 555 g/mol. The first-order chi connectivity index (χ1) is 19.3. The summed E-state index contributed by atoms with van der Waals surface area (Å²) in [4.78, 5) is 50.9. The molecule has 202 valence electrons. The van der Waals surface area contributed by atoms with Crippen LogP contribution in [-0.2, 0) is 22.4 Å². The predicted molar refractivity (Wildman–Crippen MR) is 154 cm³/mol. The van der Waals surface area contributed by atoms with E-state index < -0.39 is 23.8 Å². The molecule has 0 aliphatic heterocycles. The molecular formula is C31H26ClN3O5. The fourth-order valence-electron chi connectivity index (χ4n) is 4.04. The van der Waals surface area contributed by atoms with Gasteiger partial charge >= 0.3 is 5.97 Å². The van der Waals surface area contributed by atoms with Crippen molar-refractivity contribution in [2.24, 2.45) is 0 Å². The number of halogens is 1. The van der Waals surface area contributed by atoms with Crippen LogP contribution < -0.4 is 16.0 Å². The number of hydrogen-bond acceptors (Lipinski definition) is 4. The molecule has 3 amide bonds. The Labute approximate surface area is 236 Å². The topological polar surface area (TPSA) is 125 Å². The van der Waals surface area contributed by atoms with Crippen LogP contribution in [0.5, 0.6) is 0 Å². The molecule has 4 N–H and O–H groups in total. The third-order valence-electron chi connectivity index (χ3n) is 6.03. The van der Waals surface area contributed by atoms with Crippen LogP contribution in [0.15, 0.2) is 103 Å². The zero-order valence-electron chi connectivity index (χ0n) is 21.3. The third kappa shape index (κ3) is 7.55. The van der Waals surface area contributed by atoms with Crippen LogP contribution in [0.1, 0.15) is 31.8 Å². The molecule has 0 bridgehead atoms. The lowest BCUT2D eigenvalue weighted by Crippen LogP contribution is -2.42. The molecule has 4 aromatic carbocycles. The molecule has 40 heavy (non-hydrogen) atoms. The fourth-order valence-corrected chi connectivity index (χ4v) is 4.16. The molecule has 0 spiro atoms. The number of rotatable bonds is 10. The molecule has 0 heterocycles. The van der Waals surface area contributed by atoms with Gasteiger partial charge in [0.15, 0.2) is 0 Å². The lowest BCUT2D eigenvalue weighted by molar-refractivity contribution is -0.139. The molecule has 4 rings (SSSR count).